The molecular formula is C22H26O5. The van der Waals surface area contributed by atoms with Crippen molar-refractivity contribution in [2.24, 2.45) is 5.92 Å². The number of benzene rings is 1. The van der Waals surface area contributed by atoms with E-state index < -0.39 is 5.63 Å². The lowest BCUT2D eigenvalue weighted by Crippen LogP contribution is -2.16. The van der Waals surface area contributed by atoms with Crippen LogP contribution in [0.3, 0.4) is 0 Å². The fourth-order valence-electron chi connectivity index (χ4n) is 3.90. The number of hydrogen-bond donors (Lipinski definition) is 1. The lowest BCUT2D eigenvalue weighted by atomic mass is 9.87. The van der Waals surface area contributed by atoms with Gasteiger partial charge < -0.3 is 19.0 Å². The quantitative estimate of drug-likeness (QED) is 0.712. The minimum absolute atomic E-state index is 0.0597. The average Bonchev–Trinajstić information content (AvgIpc) is 3.37. The topological polar surface area (TPSA) is 68.9 Å². The highest BCUT2D eigenvalue weighted by Gasteiger charge is 2.37. The van der Waals surface area contributed by atoms with Crippen molar-refractivity contribution in [3.63, 3.8) is 0 Å². The molecule has 1 N–H and O–H groups in total. The first-order valence-corrected chi connectivity index (χ1v) is 9.86. The van der Waals surface area contributed by atoms with Crippen LogP contribution in [0, 0.1) is 5.92 Å². The standard InChI is InChI=1S/C22H26O5/c23-18-14-17(8-4-5-9-19-25-12-13-26-19)27-22(24)21(18)20(16-10-11-16)15-6-2-1-3-7-15/h1-3,6-7,14,16,19-20,23H,4-5,8-13H2. The van der Waals surface area contributed by atoms with Crippen molar-refractivity contribution < 1.29 is 19.0 Å². The predicted molar refractivity (Wildman–Crippen MR) is 101 cm³/mol. The van der Waals surface area contributed by atoms with Crippen LogP contribution in [0.1, 0.15) is 54.9 Å². The Kier molecular flexibility index (Phi) is 5.60. The molecule has 144 valence electrons. The molecule has 2 fully saturated rings. The molecule has 5 heteroatoms. The van der Waals surface area contributed by atoms with Crippen LogP contribution in [0.4, 0.5) is 0 Å². The highest BCUT2D eigenvalue weighted by molar-refractivity contribution is 5.41. The number of hydrogen-bond acceptors (Lipinski definition) is 5. The van der Waals surface area contributed by atoms with Gasteiger partial charge in [-0.3, -0.25) is 0 Å². The normalized spacial score (nSPS) is 18.7. The van der Waals surface area contributed by atoms with Crippen molar-refractivity contribution in [2.45, 2.75) is 50.7 Å². The molecule has 27 heavy (non-hydrogen) atoms. The molecule has 1 saturated carbocycles. The first kappa shape index (κ1) is 18.3. The summed E-state index contributed by atoms with van der Waals surface area (Å²) in [5.41, 5.74) is 1.06. The van der Waals surface area contributed by atoms with Crippen LogP contribution >= 0.6 is 0 Å². The molecule has 4 rings (SSSR count). The van der Waals surface area contributed by atoms with Gasteiger partial charge in [0.1, 0.15) is 11.5 Å². The lowest BCUT2D eigenvalue weighted by Gasteiger charge is -2.17. The molecule has 0 amide bonds. The van der Waals surface area contributed by atoms with Gasteiger partial charge >= 0.3 is 5.63 Å². The zero-order valence-electron chi connectivity index (χ0n) is 15.4. The number of unbranched alkanes of at least 4 members (excludes halogenated alkanes) is 1. The molecule has 2 aliphatic rings. The van der Waals surface area contributed by atoms with Gasteiger partial charge in [-0.05, 0) is 43.6 Å². The van der Waals surface area contributed by atoms with Crippen LogP contribution < -0.4 is 5.63 Å². The molecule has 1 aliphatic heterocycles. The van der Waals surface area contributed by atoms with Crippen molar-refractivity contribution in [3.8, 4) is 5.75 Å². The first-order valence-electron chi connectivity index (χ1n) is 9.86. The second-order valence-corrected chi connectivity index (χ2v) is 7.44. The van der Waals surface area contributed by atoms with Crippen LogP contribution in [0.2, 0.25) is 0 Å². The molecule has 2 aromatic rings. The van der Waals surface area contributed by atoms with Crippen molar-refractivity contribution in [2.75, 3.05) is 13.2 Å². The third-order valence-electron chi connectivity index (χ3n) is 5.38. The monoisotopic (exact) mass is 370 g/mol. The molecule has 5 nitrogen and oxygen atoms in total. The summed E-state index contributed by atoms with van der Waals surface area (Å²) in [7, 11) is 0. The smallest absolute Gasteiger partial charge is 0.343 e. The molecule has 1 unspecified atom stereocenters. The third-order valence-corrected chi connectivity index (χ3v) is 5.38. The molecule has 0 spiro atoms. The largest absolute Gasteiger partial charge is 0.507 e. The average molecular weight is 370 g/mol. The Morgan fingerprint density at radius 1 is 1.07 bits per heavy atom. The molecular weight excluding hydrogens is 344 g/mol. The first-order chi connectivity index (χ1) is 13.2. The van der Waals surface area contributed by atoms with E-state index in [9.17, 15) is 9.90 Å². The minimum Gasteiger partial charge on any atom is -0.507 e. The van der Waals surface area contributed by atoms with E-state index in [0.29, 0.717) is 36.9 Å². The summed E-state index contributed by atoms with van der Waals surface area (Å²) in [4.78, 5) is 12.7. The van der Waals surface area contributed by atoms with E-state index in [1.54, 1.807) is 6.07 Å². The van der Waals surface area contributed by atoms with E-state index in [2.05, 4.69) is 0 Å². The summed E-state index contributed by atoms with van der Waals surface area (Å²) < 4.78 is 16.4. The Labute approximate surface area is 158 Å². The summed E-state index contributed by atoms with van der Waals surface area (Å²) in [6.07, 6.45) is 5.29. The van der Waals surface area contributed by atoms with Gasteiger partial charge in [0.05, 0.1) is 18.8 Å². The predicted octanol–water partition coefficient (Wildman–Crippen LogP) is 3.97. The van der Waals surface area contributed by atoms with E-state index in [1.165, 1.54) is 0 Å². The summed E-state index contributed by atoms with van der Waals surface area (Å²) in [6.45, 7) is 1.33. The Morgan fingerprint density at radius 2 is 1.81 bits per heavy atom. The maximum absolute atomic E-state index is 12.7. The van der Waals surface area contributed by atoms with Gasteiger partial charge in [0.15, 0.2) is 6.29 Å². The SMILES string of the molecule is O=c1oc(CCCCC2OCCO2)cc(O)c1C(c1ccccc1)C1CC1. The zero-order valence-corrected chi connectivity index (χ0v) is 15.4. The van der Waals surface area contributed by atoms with Crippen molar-refractivity contribution >= 4 is 0 Å². The second kappa shape index (κ2) is 8.28. The number of rotatable bonds is 8. The Balaban J connectivity index is 1.45. The fourth-order valence-corrected chi connectivity index (χ4v) is 3.90. The highest BCUT2D eigenvalue weighted by atomic mass is 16.7. The molecule has 1 atom stereocenters. The van der Waals surface area contributed by atoms with E-state index in [0.717, 1.165) is 37.7 Å². The van der Waals surface area contributed by atoms with Crippen molar-refractivity contribution in [1.82, 2.24) is 0 Å². The van der Waals surface area contributed by atoms with Crippen LogP contribution in [0.15, 0.2) is 45.6 Å². The van der Waals surface area contributed by atoms with Gasteiger partial charge in [-0.25, -0.2) is 4.79 Å². The molecule has 0 radical (unpaired) electrons. The van der Waals surface area contributed by atoms with Crippen LogP contribution in [-0.4, -0.2) is 24.6 Å². The number of ether oxygens (including phenoxy) is 2. The van der Waals surface area contributed by atoms with E-state index in [4.69, 9.17) is 13.9 Å². The zero-order chi connectivity index (χ0) is 18.6. The summed E-state index contributed by atoms with van der Waals surface area (Å²) in [5.74, 6) is 0.910. The molecule has 1 aromatic carbocycles. The summed E-state index contributed by atoms with van der Waals surface area (Å²) >= 11 is 0. The van der Waals surface area contributed by atoms with Crippen molar-refractivity contribution in [1.29, 1.82) is 0 Å². The molecule has 1 saturated heterocycles. The molecule has 1 aliphatic carbocycles. The van der Waals surface area contributed by atoms with Gasteiger partial charge in [-0.1, -0.05) is 30.3 Å². The Hall–Kier alpha value is -2.11. The van der Waals surface area contributed by atoms with Crippen LogP contribution in [0.25, 0.3) is 0 Å². The van der Waals surface area contributed by atoms with Gasteiger partial charge in [0.25, 0.3) is 0 Å². The van der Waals surface area contributed by atoms with Crippen LogP contribution in [0.5, 0.6) is 5.75 Å². The van der Waals surface area contributed by atoms with Gasteiger partial charge in [0.2, 0.25) is 0 Å². The number of aromatic hydroxyl groups is 1. The van der Waals surface area contributed by atoms with Crippen LogP contribution in [-0.2, 0) is 15.9 Å². The Bertz CT molecular complexity index is 803. The minimum atomic E-state index is -0.409. The maximum Gasteiger partial charge on any atom is 0.343 e. The second-order valence-electron chi connectivity index (χ2n) is 7.44. The van der Waals surface area contributed by atoms with Gasteiger partial charge in [-0.15, -0.1) is 0 Å². The Morgan fingerprint density at radius 3 is 2.48 bits per heavy atom. The van der Waals surface area contributed by atoms with E-state index in [-0.39, 0.29) is 18.0 Å². The summed E-state index contributed by atoms with van der Waals surface area (Å²) in [6, 6.07) is 11.6. The fraction of sp³-hybridized carbons (Fsp3) is 0.500. The summed E-state index contributed by atoms with van der Waals surface area (Å²) in [5, 5.41) is 10.6. The van der Waals surface area contributed by atoms with Gasteiger partial charge in [0, 0.05) is 18.4 Å². The lowest BCUT2D eigenvalue weighted by molar-refractivity contribution is -0.0479. The highest BCUT2D eigenvalue weighted by Crippen LogP contribution is 2.47. The van der Waals surface area contributed by atoms with E-state index >= 15 is 0 Å². The third kappa shape index (κ3) is 4.42. The maximum atomic E-state index is 12.7. The molecule has 2 heterocycles. The molecule has 1 aromatic heterocycles. The van der Waals surface area contributed by atoms with Crippen molar-refractivity contribution in [3.05, 3.63) is 63.7 Å². The number of aryl methyl sites for hydroxylation is 1. The van der Waals surface area contributed by atoms with Gasteiger partial charge in [-0.2, -0.15) is 0 Å². The molecule has 0 bridgehead atoms. The van der Waals surface area contributed by atoms with E-state index in [1.807, 2.05) is 30.3 Å².